The summed E-state index contributed by atoms with van der Waals surface area (Å²) >= 11 is 6.18. The van der Waals surface area contributed by atoms with E-state index in [1.807, 2.05) is 30.7 Å². The van der Waals surface area contributed by atoms with Gasteiger partial charge in [0.1, 0.15) is 29.3 Å². The lowest BCUT2D eigenvalue weighted by molar-refractivity contribution is -0.184. The second-order valence-corrected chi connectivity index (χ2v) is 7.48. The topological polar surface area (TPSA) is 78.7 Å². The van der Waals surface area contributed by atoms with Gasteiger partial charge in [-0.25, -0.2) is 15.0 Å². The first-order chi connectivity index (χ1) is 12.3. The number of nitrogens with zero attached hydrogens (tertiary/aromatic N) is 4. The van der Waals surface area contributed by atoms with Crippen LogP contribution in [0.25, 0.3) is 11.0 Å². The van der Waals surface area contributed by atoms with E-state index >= 15 is 0 Å². The number of amides is 1. The summed E-state index contributed by atoms with van der Waals surface area (Å²) < 4.78 is 14.2. The normalized spacial score (nSPS) is 29.9. The van der Waals surface area contributed by atoms with E-state index in [-0.39, 0.29) is 30.1 Å². The van der Waals surface area contributed by atoms with Gasteiger partial charge in [-0.1, -0.05) is 11.6 Å². The Kier molecular flexibility index (Phi) is 4.18. The molecule has 0 N–H and O–H groups in total. The highest BCUT2D eigenvalue weighted by atomic mass is 35.5. The molecule has 1 amide bonds. The molecule has 4 rings (SSSR count). The number of ether oxygens (including phenoxy) is 2. The highest BCUT2D eigenvalue weighted by molar-refractivity contribution is 6.33. The van der Waals surface area contributed by atoms with E-state index in [0.717, 1.165) is 11.0 Å². The van der Waals surface area contributed by atoms with Crippen molar-refractivity contribution < 1.29 is 19.1 Å². The summed E-state index contributed by atoms with van der Waals surface area (Å²) in [7, 11) is 3.07. The number of carbonyl (C=O) groups excluding carboxylic acids is 1. The van der Waals surface area contributed by atoms with E-state index in [0.29, 0.717) is 11.6 Å². The minimum atomic E-state index is -0.756. The number of rotatable bonds is 3. The van der Waals surface area contributed by atoms with Gasteiger partial charge in [0.15, 0.2) is 5.79 Å². The molecule has 0 aromatic carbocycles. The third-order valence-corrected chi connectivity index (χ3v) is 5.46. The van der Waals surface area contributed by atoms with Gasteiger partial charge in [0.2, 0.25) is 0 Å². The first kappa shape index (κ1) is 17.7. The zero-order valence-electron chi connectivity index (χ0n) is 15.0. The van der Waals surface area contributed by atoms with E-state index in [9.17, 15) is 4.79 Å². The number of carbonyl (C=O) groups is 1. The minimum absolute atomic E-state index is 0.107. The van der Waals surface area contributed by atoms with Crippen LogP contribution >= 0.6 is 11.6 Å². The summed E-state index contributed by atoms with van der Waals surface area (Å²) in [6.45, 7) is 3.72. The summed E-state index contributed by atoms with van der Waals surface area (Å²) in [5.74, 6) is -1.25. The zero-order valence-corrected chi connectivity index (χ0v) is 15.8. The number of hydroxylamine groups is 2. The molecule has 4 atom stereocenters. The second-order valence-electron chi connectivity index (χ2n) is 7.12. The molecule has 0 radical (unpaired) electrons. The molecule has 2 aliphatic rings. The first-order valence-electron chi connectivity index (χ1n) is 8.47. The van der Waals surface area contributed by atoms with Crippen LogP contribution in [0.3, 0.4) is 0 Å². The van der Waals surface area contributed by atoms with Crippen molar-refractivity contribution in [1.82, 2.24) is 19.6 Å². The molecule has 2 aromatic heterocycles. The van der Waals surface area contributed by atoms with Crippen molar-refractivity contribution in [2.75, 3.05) is 14.2 Å². The summed E-state index contributed by atoms with van der Waals surface area (Å²) in [6, 6.07) is 1.77. The van der Waals surface area contributed by atoms with Crippen LogP contribution in [-0.4, -0.2) is 57.7 Å². The molecule has 9 heteroatoms. The predicted octanol–water partition coefficient (Wildman–Crippen LogP) is 2.19. The van der Waals surface area contributed by atoms with Crippen LogP contribution in [0.5, 0.6) is 0 Å². The van der Waals surface area contributed by atoms with Crippen LogP contribution in [0.15, 0.2) is 18.6 Å². The van der Waals surface area contributed by atoms with Crippen LogP contribution in [0.4, 0.5) is 0 Å². The second kappa shape index (κ2) is 6.16. The fourth-order valence-electron chi connectivity index (χ4n) is 4.00. The van der Waals surface area contributed by atoms with Crippen LogP contribution in [0.2, 0.25) is 5.15 Å². The highest BCUT2D eigenvalue weighted by Crippen LogP contribution is 2.48. The standard InChI is InChI=1S/C17H21ClN4O4/c1-17(2)25-12-10(16(23)21(3)24-4)7-11(13(12)26-17)22-6-5-9-14(18)19-8-20-15(9)22/h5-6,8,10-13H,7H2,1-4H3. The average Bonchev–Trinajstić information content (AvgIpc) is 3.24. The SMILES string of the molecule is CON(C)C(=O)C1CC(n2ccc3c(Cl)ncnc32)C2OC(C)(C)OC12. The molecule has 1 saturated carbocycles. The van der Waals surface area contributed by atoms with Crippen molar-refractivity contribution in [3.63, 3.8) is 0 Å². The van der Waals surface area contributed by atoms with Gasteiger partial charge in [-0.15, -0.1) is 0 Å². The van der Waals surface area contributed by atoms with Gasteiger partial charge < -0.3 is 14.0 Å². The van der Waals surface area contributed by atoms with Gasteiger partial charge in [0.05, 0.1) is 24.5 Å². The molecule has 4 unspecified atom stereocenters. The Morgan fingerprint density at radius 2 is 2.12 bits per heavy atom. The molecule has 2 fully saturated rings. The van der Waals surface area contributed by atoms with Crippen LogP contribution in [0, 0.1) is 5.92 Å². The van der Waals surface area contributed by atoms with E-state index in [1.54, 1.807) is 7.05 Å². The minimum Gasteiger partial charge on any atom is -0.344 e. The Bertz CT molecular complexity index is 854. The van der Waals surface area contributed by atoms with Gasteiger partial charge in [-0.3, -0.25) is 9.63 Å². The van der Waals surface area contributed by atoms with E-state index in [2.05, 4.69) is 9.97 Å². The molecule has 8 nitrogen and oxygen atoms in total. The summed E-state index contributed by atoms with van der Waals surface area (Å²) in [5.41, 5.74) is 0.718. The number of halogens is 1. The Hall–Kier alpha value is -1.74. The molecular weight excluding hydrogens is 360 g/mol. The smallest absolute Gasteiger partial charge is 0.251 e. The summed E-state index contributed by atoms with van der Waals surface area (Å²) in [4.78, 5) is 26.2. The summed E-state index contributed by atoms with van der Waals surface area (Å²) in [6.07, 6.45) is 3.28. The maximum atomic E-state index is 12.8. The van der Waals surface area contributed by atoms with Crippen molar-refractivity contribution in [3.05, 3.63) is 23.7 Å². The third-order valence-electron chi connectivity index (χ3n) is 5.15. The molecule has 3 heterocycles. The van der Waals surface area contributed by atoms with E-state index in [1.165, 1.54) is 18.5 Å². The molecule has 1 saturated heterocycles. The van der Waals surface area contributed by atoms with Crippen molar-refractivity contribution in [2.45, 2.75) is 44.3 Å². The van der Waals surface area contributed by atoms with Gasteiger partial charge >= 0.3 is 0 Å². The molecule has 1 aliphatic carbocycles. The Morgan fingerprint density at radius 1 is 1.38 bits per heavy atom. The maximum absolute atomic E-state index is 12.8. The van der Waals surface area contributed by atoms with Gasteiger partial charge in [0.25, 0.3) is 5.91 Å². The Morgan fingerprint density at radius 3 is 2.85 bits per heavy atom. The van der Waals surface area contributed by atoms with Crippen molar-refractivity contribution in [1.29, 1.82) is 0 Å². The molecule has 2 aromatic rings. The van der Waals surface area contributed by atoms with Crippen molar-refractivity contribution in [3.8, 4) is 0 Å². The van der Waals surface area contributed by atoms with Gasteiger partial charge in [-0.2, -0.15) is 0 Å². The van der Waals surface area contributed by atoms with E-state index in [4.69, 9.17) is 25.9 Å². The quantitative estimate of drug-likeness (QED) is 0.600. The molecule has 0 bridgehead atoms. The zero-order chi connectivity index (χ0) is 18.6. The van der Waals surface area contributed by atoms with E-state index < -0.39 is 5.79 Å². The fraction of sp³-hybridized carbons (Fsp3) is 0.588. The third kappa shape index (κ3) is 2.68. The van der Waals surface area contributed by atoms with Crippen molar-refractivity contribution >= 4 is 28.5 Å². The lowest BCUT2D eigenvalue weighted by atomic mass is 10.0. The predicted molar refractivity (Wildman–Crippen MR) is 93.3 cm³/mol. The number of hydrogen-bond donors (Lipinski definition) is 0. The largest absolute Gasteiger partial charge is 0.344 e. The number of hydrogen-bond acceptors (Lipinski definition) is 6. The maximum Gasteiger partial charge on any atom is 0.251 e. The van der Waals surface area contributed by atoms with Crippen LogP contribution in [-0.2, 0) is 19.1 Å². The molecule has 26 heavy (non-hydrogen) atoms. The Labute approximate surface area is 155 Å². The summed E-state index contributed by atoms with van der Waals surface area (Å²) in [5, 5.41) is 2.41. The Balaban J connectivity index is 1.74. The van der Waals surface area contributed by atoms with Crippen LogP contribution < -0.4 is 0 Å². The van der Waals surface area contributed by atoms with Gasteiger partial charge in [-0.05, 0) is 26.3 Å². The molecular formula is C17H21ClN4O4. The van der Waals surface area contributed by atoms with Crippen molar-refractivity contribution in [2.24, 2.45) is 5.92 Å². The average molecular weight is 381 g/mol. The molecule has 1 aliphatic heterocycles. The molecule has 0 spiro atoms. The number of aromatic nitrogens is 3. The monoisotopic (exact) mass is 380 g/mol. The first-order valence-corrected chi connectivity index (χ1v) is 8.84. The fourth-order valence-corrected chi connectivity index (χ4v) is 4.19. The number of fused-ring (bicyclic) bond motifs is 2. The van der Waals surface area contributed by atoms with Gasteiger partial charge in [0, 0.05) is 13.2 Å². The lowest BCUT2D eigenvalue weighted by Gasteiger charge is -2.25. The molecule has 140 valence electrons. The highest BCUT2D eigenvalue weighted by Gasteiger charge is 2.57. The lowest BCUT2D eigenvalue weighted by Crippen LogP contribution is -2.38. The van der Waals surface area contributed by atoms with Crippen LogP contribution in [0.1, 0.15) is 26.3 Å².